The van der Waals surface area contributed by atoms with Crippen LogP contribution in [0.2, 0.25) is 5.02 Å². The zero-order valence-electron chi connectivity index (χ0n) is 10.1. The van der Waals surface area contributed by atoms with Crippen molar-refractivity contribution in [3.8, 4) is 11.1 Å². The van der Waals surface area contributed by atoms with E-state index in [1.807, 2.05) is 13.8 Å². The van der Waals surface area contributed by atoms with E-state index >= 15 is 0 Å². The highest BCUT2D eigenvalue weighted by atomic mass is 35.5. The van der Waals surface area contributed by atoms with Crippen LogP contribution in [-0.2, 0) is 0 Å². The van der Waals surface area contributed by atoms with E-state index in [0.717, 1.165) is 5.56 Å². The fraction of sp³-hybridized carbons (Fsp3) is 0.214. The molecule has 0 aliphatic heterocycles. The second-order valence-corrected chi connectivity index (χ2v) is 4.83. The third kappa shape index (κ3) is 2.46. The first-order chi connectivity index (χ1) is 8.49. The van der Waals surface area contributed by atoms with E-state index in [1.54, 1.807) is 6.07 Å². The molecule has 1 N–H and O–H groups in total. The van der Waals surface area contributed by atoms with Crippen molar-refractivity contribution >= 4 is 11.6 Å². The third-order valence-corrected chi connectivity index (χ3v) is 3.20. The number of halogens is 2. The number of aromatic amines is 1. The minimum absolute atomic E-state index is 0.134. The molecule has 1 aromatic heterocycles. The lowest BCUT2D eigenvalue weighted by atomic mass is 9.97. The summed E-state index contributed by atoms with van der Waals surface area (Å²) in [5, 5.41) is 0.526. The van der Waals surface area contributed by atoms with Gasteiger partial charge in [0.2, 0.25) is 5.56 Å². The maximum Gasteiger partial charge on any atom is 0.247 e. The Hall–Kier alpha value is -1.61. The first-order valence-electron chi connectivity index (χ1n) is 5.67. The van der Waals surface area contributed by atoms with Gasteiger partial charge in [-0.3, -0.25) is 4.79 Å². The quantitative estimate of drug-likeness (QED) is 0.876. The van der Waals surface area contributed by atoms with Crippen LogP contribution < -0.4 is 5.56 Å². The van der Waals surface area contributed by atoms with Crippen LogP contribution in [0.5, 0.6) is 0 Å². The lowest BCUT2D eigenvalue weighted by molar-refractivity contribution is 0.624. The van der Waals surface area contributed by atoms with Gasteiger partial charge in [-0.2, -0.15) is 0 Å². The zero-order chi connectivity index (χ0) is 13.3. The number of benzene rings is 1. The summed E-state index contributed by atoms with van der Waals surface area (Å²) >= 11 is 6.29. The predicted molar refractivity (Wildman–Crippen MR) is 71.6 cm³/mol. The molecule has 0 unspecified atom stereocenters. The topological polar surface area (TPSA) is 32.9 Å². The van der Waals surface area contributed by atoms with Crippen molar-refractivity contribution in [3.05, 3.63) is 57.2 Å². The van der Waals surface area contributed by atoms with Gasteiger partial charge in [0.15, 0.2) is 0 Å². The van der Waals surface area contributed by atoms with Crippen molar-refractivity contribution < 1.29 is 4.39 Å². The summed E-state index contributed by atoms with van der Waals surface area (Å²) in [5.74, 6) is -0.195. The van der Waals surface area contributed by atoms with Crippen LogP contribution in [0.15, 0.2) is 35.3 Å². The summed E-state index contributed by atoms with van der Waals surface area (Å²) in [7, 11) is 0. The zero-order valence-corrected chi connectivity index (χ0v) is 10.9. The highest BCUT2D eigenvalue weighted by Gasteiger charge is 2.13. The molecular formula is C14H13ClFNO. The molecule has 2 aromatic rings. The van der Waals surface area contributed by atoms with E-state index in [0.29, 0.717) is 16.1 Å². The van der Waals surface area contributed by atoms with Crippen molar-refractivity contribution in [3.63, 3.8) is 0 Å². The van der Waals surface area contributed by atoms with Gasteiger partial charge in [0, 0.05) is 17.8 Å². The number of H-pyrrole nitrogens is 1. The molecule has 2 nitrogen and oxygen atoms in total. The summed E-state index contributed by atoms with van der Waals surface area (Å²) in [6.45, 7) is 3.91. The minimum Gasteiger partial charge on any atom is -0.328 e. The van der Waals surface area contributed by atoms with Crippen LogP contribution in [0.4, 0.5) is 4.39 Å². The Morgan fingerprint density at radius 3 is 2.56 bits per heavy atom. The molecule has 0 atom stereocenters. The fourth-order valence-electron chi connectivity index (χ4n) is 1.82. The van der Waals surface area contributed by atoms with E-state index in [2.05, 4.69) is 4.98 Å². The molecule has 0 spiro atoms. The van der Waals surface area contributed by atoms with Crippen molar-refractivity contribution in [2.24, 2.45) is 0 Å². The first-order valence-corrected chi connectivity index (χ1v) is 6.05. The maximum atomic E-state index is 13.6. The summed E-state index contributed by atoms with van der Waals surface area (Å²) in [6.07, 6.45) is 1.53. The largest absolute Gasteiger partial charge is 0.328 e. The van der Waals surface area contributed by atoms with E-state index in [-0.39, 0.29) is 17.3 Å². The molecule has 94 valence electrons. The Morgan fingerprint density at radius 1 is 1.28 bits per heavy atom. The Balaban J connectivity index is 2.64. The number of nitrogens with one attached hydrogen (secondary N) is 1. The summed E-state index contributed by atoms with van der Waals surface area (Å²) in [4.78, 5) is 13.6. The molecule has 0 aliphatic rings. The molecule has 4 heteroatoms. The Kier molecular flexibility index (Phi) is 3.53. The molecule has 0 aliphatic carbocycles. The highest BCUT2D eigenvalue weighted by molar-refractivity contribution is 6.34. The van der Waals surface area contributed by atoms with Gasteiger partial charge < -0.3 is 4.98 Å². The number of hydrogen-bond donors (Lipinski definition) is 1. The molecule has 0 saturated heterocycles. The molecule has 0 radical (unpaired) electrons. The van der Waals surface area contributed by atoms with Gasteiger partial charge in [-0.15, -0.1) is 0 Å². The lowest BCUT2D eigenvalue weighted by Crippen LogP contribution is -2.02. The first kappa shape index (κ1) is 12.8. The average molecular weight is 266 g/mol. The molecule has 1 aromatic carbocycles. The van der Waals surface area contributed by atoms with Gasteiger partial charge in [-0.05, 0) is 35.2 Å². The van der Waals surface area contributed by atoms with E-state index < -0.39 is 0 Å². The van der Waals surface area contributed by atoms with Crippen LogP contribution in [0, 0.1) is 5.82 Å². The summed E-state index contributed by atoms with van der Waals surface area (Å²) < 4.78 is 13.6. The Labute approximate surface area is 109 Å². The second-order valence-electron chi connectivity index (χ2n) is 4.45. The van der Waals surface area contributed by atoms with Gasteiger partial charge in [-0.25, -0.2) is 4.39 Å². The highest BCUT2D eigenvalue weighted by Crippen LogP contribution is 2.34. The Morgan fingerprint density at radius 2 is 2.00 bits per heavy atom. The smallest absolute Gasteiger partial charge is 0.247 e. The van der Waals surface area contributed by atoms with Gasteiger partial charge in [0.25, 0.3) is 0 Å². The normalized spacial score (nSPS) is 10.9. The van der Waals surface area contributed by atoms with Crippen molar-refractivity contribution in [2.75, 3.05) is 0 Å². The number of rotatable bonds is 2. The standard InChI is InChI=1S/C14H13ClFNO/c1-8(2)11-5-10(16)6-12(14(11)15)9-3-4-13(18)17-7-9/h3-8H,1-2H3,(H,17,18). The molecule has 0 bridgehead atoms. The minimum atomic E-state index is -0.329. The number of aromatic nitrogens is 1. The van der Waals surface area contributed by atoms with Crippen LogP contribution in [0.3, 0.4) is 0 Å². The van der Waals surface area contributed by atoms with Crippen LogP contribution >= 0.6 is 11.6 Å². The number of hydrogen-bond acceptors (Lipinski definition) is 1. The summed E-state index contributed by atoms with van der Waals surface area (Å²) in [5.41, 5.74) is 1.85. The lowest BCUT2D eigenvalue weighted by Gasteiger charge is -2.13. The molecule has 0 saturated carbocycles. The van der Waals surface area contributed by atoms with Crippen LogP contribution in [0.25, 0.3) is 11.1 Å². The second kappa shape index (κ2) is 4.94. The molecule has 1 heterocycles. The van der Waals surface area contributed by atoms with Gasteiger partial charge in [-0.1, -0.05) is 25.4 Å². The molecule has 2 rings (SSSR count). The van der Waals surface area contributed by atoms with Gasteiger partial charge >= 0.3 is 0 Å². The molecule has 18 heavy (non-hydrogen) atoms. The van der Waals surface area contributed by atoms with Gasteiger partial charge in [0.05, 0.1) is 5.02 Å². The van der Waals surface area contributed by atoms with Crippen LogP contribution in [-0.4, -0.2) is 4.98 Å². The fourth-order valence-corrected chi connectivity index (χ4v) is 2.26. The molecular weight excluding hydrogens is 253 g/mol. The Bertz CT molecular complexity index is 614. The summed E-state index contributed by atoms with van der Waals surface area (Å²) in [6, 6.07) is 5.85. The van der Waals surface area contributed by atoms with E-state index in [1.165, 1.54) is 24.4 Å². The SMILES string of the molecule is CC(C)c1cc(F)cc(-c2ccc(=O)[nH]c2)c1Cl. The number of pyridine rings is 1. The third-order valence-electron chi connectivity index (χ3n) is 2.78. The molecule has 0 amide bonds. The van der Waals surface area contributed by atoms with Gasteiger partial charge in [0.1, 0.15) is 5.82 Å². The van der Waals surface area contributed by atoms with Crippen molar-refractivity contribution in [1.29, 1.82) is 0 Å². The van der Waals surface area contributed by atoms with Crippen molar-refractivity contribution in [2.45, 2.75) is 19.8 Å². The maximum absolute atomic E-state index is 13.6. The van der Waals surface area contributed by atoms with E-state index in [9.17, 15) is 9.18 Å². The predicted octanol–water partition coefficient (Wildman–Crippen LogP) is 3.96. The monoisotopic (exact) mass is 265 g/mol. The molecule has 0 fully saturated rings. The van der Waals surface area contributed by atoms with Crippen LogP contribution in [0.1, 0.15) is 25.3 Å². The average Bonchev–Trinajstić information content (AvgIpc) is 2.32. The van der Waals surface area contributed by atoms with E-state index in [4.69, 9.17) is 11.6 Å². The van der Waals surface area contributed by atoms with Crippen molar-refractivity contribution in [1.82, 2.24) is 4.98 Å².